The van der Waals surface area contributed by atoms with Crippen LogP contribution in [0.15, 0.2) is 60.7 Å². The second kappa shape index (κ2) is 7.04. The summed E-state index contributed by atoms with van der Waals surface area (Å²) in [6.07, 6.45) is 3.45. The molecule has 2 aromatic rings. The van der Waals surface area contributed by atoms with Gasteiger partial charge in [0.15, 0.2) is 0 Å². The first-order valence-corrected chi connectivity index (χ1v) is 6.75. The van der Waals surface area contributed by atoms with E-state index in [0.717, 1.165) is 16.7 Å². The van der Waals surface area contributed by atoms with E-state index in [0.29, 0.717) is 0 Å². The Morgan fingerprint density at radius 3 is 2.30 bits per heavy atom. The lowest BCUT2D eigenvalue weighted by Gasteiger charge is -2.12. The van der Waals surface area contributed by atoms with Crippen LogP contribution in [0.25, 0.3) is 6.08 Å². The van der Waals surface area contributed by atoms with Gasteiger partial charge in [0.05, 0.1) is 6.10 Å². The van der Waals surface area contributed by atoms with E-state index in [1.165, 1.54) is 0 Å². The summed E-state index contributed by atoms with van der Waals surface area (Å²) in [7, 11) is 1.70. The predicted molar refractivity (Wildman–Crippen MR) is 82.3 cm³/mol. The van der Waals surface area contributed by atoms with Crippen molar-refractivity contribution in [3.8, 4) is 0 Å². The van der Waals surface area contributed by atoms with Crippen molar-refractivity contribution >= 4 is 6.08 Å². The Hall–Kier alpha value is -1.90. The molecule has 2 nitrogen and oxygen atoms in total. The Kier molecular flexibility index (Phi) is 5.10. The average Bonchev–Trinajstić information content (AvgIpc) is 2.49. The maximum absolute atomic E-state index is 9.78. The minimum Gasteiger partial charge on any atom is -0.389 e. The molecule has 2 unspecified atom stereocenters. The topological polar surface area (TPSA) is 29.5 Å². The van der Waals surface area contributed by atoms with Crippen LogP contribution in [0.1, 0.15) is 35.8 Å². The van der Waals surface area contributed by atoms with E-state index < -0.39 is 6.10 Å². The first-order valence-electron chi connectivity index (χ1n) is 6.75. The molecule has 104 valence electrons. The van der Waals surface area contributed by atoms with Gasteiger partial charge in [-0.3, -0.25) is 0 Å². The highest BCUT2D eigenvalue weighted by molar-refractivity contribution is 5.55. The molecule has 2 aromatic carbocycles. The van der Waals surface area contributed by atoms with Gasteiger partial charge in [0.1, 0.15) is 6.10 Å². The molecule has 2 heteroatoms. The van der Waals surface area contributed by atoms with Crippen molar-refractivity contribution in [2.45, 2.75) is 19.1 Å². The quantitative estimate of drug-likeness (QED) is 0.883. The summed E-state index contributed by atoms with van der Waals surface area (Å²) in [4.78, 5) is 0. The maximum Gasteiger partial charge on any atom is 0.101 e. The number of methoxy groups -OCH3 is 1. The summed E-state index contributed by atoms with van der Waals surface area (Å²) in [5.74, 6) is 0. The Labute approximate surface area is 120 Å². The molecule has 0 saturated carbocycles. The molecule has 20 heavy (non-hydrogen) atoms. The van der Waals surface area contributed by atoms with Gasteiger partial charge in [0.2, 0.25) is 0 Å². The molecule has 0 aliphatic rings. The Morgan fingerprint density at radius 2 is 1.65 bits per heavy atom. The molecule has 2 rings (SSSR count). The third kappa shape index (κ3) is 3.56. The fourth-order valence-electron chi connectivity index (χ4n) is 2.20. The van der Waals surface area contributed by atoms with Gasteiger partial charge in [-0.05, 0) is 23.6 Å². The van der Waals surface area contributed by atoms with Crippen molar-refractivity contribution < 1.29 is 9.84 Å². The van der Waals surface area contributed by atoms with Crippen LogP contribution in [0.4, 0.5) is 0 Å². The van der Waals surface area contributed by atoms with Gasteiger partial charge in [-0.25, -0.2) is 0 Å². The molecule has 2 atom stereocenters. The van der Waals surface area contributed by atoms with Crippen LogP contribution in [0.3, 0.4) is 0 Å². The molecule has 0 saturated heterocycles. The molecule has 0 aliphatic heterocycles. The van der Waals surface area contributed by atoms with Crippen LogP contribution in [-0.4, -0.2) is 12.2 Å². The van der Waals surface area contributed by atoms with E-state index in [4.69, 9.17) is 4.74 Å². The van der Waals surface area contributed by atoms with E-state index in [9.17, 15) is 5.11 Å². The molecular formula is C18H20O2. The lowest BCUT2D eigenvalue weighted by atomic mass is 10.0. The van der Waals surface area contributed by atoms with Gasteiger partial charge in [0.25, 0.3) is 0 Å². The predicted octanol–water partition coefficient (Wildman–Crippen LogP) is 4.14. The summed E-state index contributed by atoms with van der Waals surface area (Å²) >= 11 is 0. The number of aliphatic hydroxyl groups excluding tert-OH is 1. The molecule has 0 aliphatic carbocycles. The zero-order valence-corrected chi connectivity index (χ0v) is 11.9. The molecule has 1 N–H and O–H groups in total. The van der Waals surface area contributed by atoms with Gasteiger partial charge in [-0.2, -0.15) is 0 Å². The van der Waals surface area contributed by atoms with Gasteiger partial charge in [0, 0.05) is 7.11 Å². The highest BCUT2D eigenvalue weighted by Gasteiger charge is 2.07. The van der Waals surface area contributed by atoms with E-state index in [1.807, 2.05) is 66.7 Å². The van der Waals surface area contributed by atoms with Gasteiger partial charge < -0.3 is 9.84 Å². The van der Waals surface area contributed by atoms with E-state index in [2.05, 4.69) is 0 Å². The lowest BCUT2D eigenvalue weighted by molar-refractivity contribution is 0.143. The average molecular weight is 268 g/mol. The monoisotopic (exact) mass is 268 g/mol. The van der Waals surface area contributed by atoms with Crippen molar-refractivity contribution in [3.05, 3.63) is 77.4 Å². The lowest BCUT2D eigenvalue weighted by Crippen LogP contribution is -1.98. The smallest absolute Gasteiger partial charge is 0.101 e. The maximum atomic E-state index is 9.78. The van der Waals surface area contributed by atoms with Crippen LogP contribution in [0.5, 0.6) is 0 Å². The van der Waals surface area contributed by atoms with Gasteiger partial charge >= 0.3 is 0 Å². The van der Waals surface area contributed by atoms with Gasteiger partial charge in [-0.1, -0.05) is 66.7 Å². The standard InChI is InChI=1S/C18H20O2/c1-14(19)17-11-7-6-8-15(17)12-13-18(20-2)16-9-4-3-5-10-16/h3-14,18-19H,1-2H3/b13-12+. The fourth-order valence-corrected chi connectivity index (χ4v) is 2.20. The summed E-state index contributed by atoms with van der Waals surface area (Å²) in [5.41, 5.74) is 3.05. The molecule has 0 radical (unpaired) electrons. The number of hydrogen-bond donors (Lipinski definition) is 1. The van der Waals surface area contributed by atoms with Gasteiger partial charge in [-0.15, -0.1) is 0 Å². The van der Waals surface area contributed by atoms with Crippen LogP contribution in [0.2, 0.25) is 0 Å². The molecule has 0 aromatic heterocycles. The molecule has 0 fully saturated rings. The Balaban J connectivity index is 2.24. The van der Waals surface area contributed by atoms with E-state index in [-0.39, 0.29) is 6.10 Å². The number of hydrogen-bond acceptors (Lipinski definition) is 2. The Bertz CT molecular complexity index is 559. The minimum atomic E-state index is -0.478. The zero-order chi connectivity index (χ0) is 14.4. The second-order valence-corrected chi connectivity index (χ2v) is 4.73. The number of benzene rings is 2. The summed E-state index contributed by atoms with van der Waals surface area (Å²) in [5, 5.41) is 9.78. The number of ether oxygens (including phenoxy) is 1. The zero-order valence-electron chi connectivity index (χ0n) is 11.9. The third-order valence-electron chi connectivity index (χ3n) is 3.28. The fraction of sp³-hybridized carbons (Fsp3) is 0.222. The first-order chi connectivity index (χ1) is 9.72. The molecule has 0 heterocycles. The summed E-state index contributed by atoms with van der Waals surface area (Å²) < 4.78 is 5.51. The van der Waals surface area contributed by atoms with E-state index in [1.54, 1.807) is 14.0 Å². The molecule has 0 bridgehead atoms. The number of aliphatic hydroxyl groups is 1. The SMILES string of the molecule is COC(/C=C/c1ccccc1C(C)O)c1ccccc1. The van der Waals surface area contributed by atoms with Crippen LogP contribution < -0.4 is 0 Å². The normalized spacial score (nSPS) is 14.3. The minimum absolute atomic E-state index is 0.0849. The van der Waals surface area contributed by atoms with Crippen molar-refractivity contribution in [2.24, 2.45) is 0 Å². The third-order valence-corrected chi connectivity index (χ3v) is 3.28. The summed E-state index contributed by atoms with van der Waals surface area (Å²) in [6, 6.07) is 17.9. The van der Waals surface area contributed by atoms with Crippen molar-refractivity contribution in [1.82, 2.24) is 0 Å². The van der Waals surface area contributed by atoms with Crippen LogP contribution >= 0.6 is 0 Å². The summed E-state index contributed by atoms with van der Waals surface area (Å²) in [6.45, 7) is 1.78. The van der Waals surface area contributed by atoms with Crippen molar-refractivity contribution in [3.63, 3.8) is 0 Å². The van der Waals surface area contributed by atoms with Crippen molar-refractivity contribution in [2.75, 3.05) is 7.11 Å². The molecular weight excluding hydrogens is 248 g/mol. The second-order valence-electron chi connectivity index (χ2n) is 4.73. The Morgan fingerprint density at radius 1 is 1.00 bits per heavy atom. The highest BCUT2D eigenvalue weighted by Crippen LogP contribution is 2.22. The molecule has 0 spiro atoms. The van der Waals surface area contributed by atoms with E-state index >= 15 is 0 Å². The molecule has 0 amide bonds. The van der Waals surface area contributed by atoms with Crippen LogP contribution in [-0.2, 0) is 4.74 Å². The van der Waals surface area contributed by atoms with Crippen molar-refractivity contribution in [1.29, 1.82) is 0 Å². The number of rotatable bonds is 5. The highest BCUT2D eigenvalue weighted by atomic mass is 16.5. The first kappa shape index (κ1) is 14.5. The largest absolute Gasteiger partial charge is 0.389 e. The van der Waals surface area contributed by atoms with Crippen LogP contribution in [0, 0.1) is 0 Å².